The molecule has 1 aliphatic heterocycles. The van der Waals surface area contributed by atoms with Crippen LogP contribution in [-0.4, -0.2) is 25.3 Å². The van der Waals surface area contributed by atoms with Gasteiger partial charge in [0.2, 0.25) is 0 Å². The van der Waals surface area contributed by atoms with Gasteiger partial charge in [0.25, 0.3) is 0 Å². The van der Waals surface area contributed by atoms with Crippen LogP contribution in [0.15, 0.2) is 54.6 Å². The molecule has 1 fully saturated rings. The Balaban J connectivity index is 1.37. The molecule has 0 aliphatic carbocycles. The van der Waals surface area contributed by atoms with Gasteiger partial charge in [0, 0.05) is 13.0 Å². The van der Waals surface area contributed by atoms with E-state index >= 15 is 0 Å². The molecule has 0 amide bonds. The second-order valence-corrected chi connectivity index (χ2v) is 6.59. The van der Waals surface area contributed by atoms with Gasteiger partial charge >= 0.3 is 5.97 Å². The molecule has 0 bridgehead atoms. The number of carbonyl (C=O) groups excluding carboxylic acids is 1. The van der Waals surface area contributed by atoms with Gasteiger partial charge in [-0.3, -0.25) is 4.79 Å². The van der Waals surface area contributed by atoms with Crippen molar-refractivity contribution >= 4 is 5.97 Å². The van der Waals surface area contributed by atoms with Crippen molar-refractivity contribution in [3.63, 3.8) is 0 Å². The minimum absolute atomic E-state index is 0.100. The van der Waals surface area contributed by atoms with Crippen molar-refractivity contribution in [2.24, 2.45) is 0 Å². The highest BCUT2D eigenvalue weighted by atomic mass is 16.6. The van der Waals surface area contributed by atoms with E-state index < -0.39 is 0 Å². The quantitative estimate of drug-likeness (QED) is 0.681. The number of aryl methyl sites for hydroxylation is 1. The average Bonchev–Trinajstić information content (AvgIpc) is 2.68. The van der Waals surface area contributed by atoms with Gasteiger partial charge in [-0.2, -0.15) is 0 Å². The molecule has 0 aromatic heterocycles. The predicted molar refractivity (Wildman–Crippen MR) is 99.4 cm³/mol. The zero-order valence-electron chi connectivity index (χ0n) is 14.7. The van der Waals surface area contributed by atoms with Gasteiger partial charge in [-0.05, 0) is 48.8 Å². The van der Waals surface area contributed by atoms with Gasteiger partial charge < -0.3 is 9.47 Å². The molecule has 1 atom stereocenters. The molecule has 2 aromatic carbocycles. The molecular formula is C22H26O3. The Hall–Kier alpha value is -2.13. The number of esters is 1. The topological polar surface area (TPSA) is 35.5 Å². The molecule has 0 spiro atoms. The lowest BCUT2D eigenvalue weighted by Gasteiger charge is -2.22. The Morgan fingerprint density at radius 1 is 1.00 bits per heavy atom. The number of rotatable bonds is 7. The summed E-state index contributed by atoms with van der Waals surface area (Å²) in [6, 6.07) is 18.9. The van der Waals surface area contributed by atoms with Crippen LogP contribution >= 0.6 is 0 Å². The Bertz CT molecular complexity index is 643. The minimum Gasteiger partial charge on any atom is -0.463 e. The van der Waals surface area contributed by atoms with E-state index in [1.165, 1.54) is 23.1 Å². The van der Waals surface area contributed by atoms with Crippen molar-refractivity contribution in [2.75, 3.05) is 13.2 Å². The SMILES string of the molecule is O=C(CCCc1ccc(-c2ccccc2)cc1)OCC1CCCCO1. The van der Waals surface area contributed by atoms with Crippen LogP contribution in [0.4, 0.5) is 0 Å². The fourth-order valence-electron chi connectivity index (χ4n) is 3.13. The highest BCUT2D eigenvalue weighted by Crippen LogP contribution is 2.20. The van der Waals surface area contributed by atoms with E-state index in [9.17, 15) is 4.79 Å². The molecule has 0 saturated carbocycles. The fraction of sp³-hybridized carbons (Fsp3) is 0.409. The lowest BCUT2D eigenvalue weighted by molar-refractivity contribution is -0.149. The lowest BCUT2D eigenvalue weighted by atomic mass is 10.0. The van der Waals surface area contributed by atoms with Crippen LogP contribution in [-0.2, 0) is 20.7 Å². The maximum absolute atomic E-state index is 11.8. The first-order chi connectivity index (χ1) is 12.3. The smallest absolute Gasteiger partial charge is 0.305 e. The lowest BCUT2D eigenvalue weighted by Crippen LogP contribution is -2.25. The number of hydrogen-bond donors (Lipinski definition) is 0. The van der Waals surface area contributed by atoms with E-state index in [0.717, 1.165) is 32.3 Å². The first kappa shape index (κ1) is 17.7. The molecule has 2 aromatic rings. The van der Waals surface area contributed by atoms with Crippen LogP contribution in [0.3, 0.4) is 0 Å². The fourth-order valence-corrected chi connectivity index (χ4v) is 3.13. The molecule has 3 nitrogen and oxygen atoms in total. The molecule has 1 unspecified atom stereocenters. The third-order valence-electron chi connectivity index (χ3n) is 4.61. The van der Waals surface area contributed by atoms with E-state index in [1.807, 2.05) is 18.2 Å². The molecule has 0 radical (unpaired) electrons. The van der Waals surface area contributed by atoms with Gasteiger partial charge in [-0.1, -0.05) is 54.6 Å². The number of hydrogen-bond acceptors (Lipinski definition) is 3. The number of ether oxygens (including phenoxy) is 2. The predicted octanol–water partition coefficient (Wildman–Crippen LogP) is 4.79. The first-order valence-corrected chi connectivity index (χ1v) is 9.23. The second-order valence-electron chi connectivity index (χ2n) is 6.59. The molecule has 1 saturated heterocycles. The third-order valence-corrected chi connectivity index (χ3v) is 4.61. The first-order valence-electron chi connectivity index (χ1n) is 9.23. The van der Waals surface area contributed by atoms with Gasteiger partial charge in [0.15, 0.2) is 0 Å². The van der Waals surface area contributed by atoms with E-state index in [2.05, 4.69) is 36.4 Å². The highest BCUT2D eigenvalue weighted by Gasteiger charge is 2.15. The Labute approximate surface area is 150 Å². The summed E-state index contributed by atoms with van der Waals surface area (Å²) in [5.74, 6) is -0.116. The summed E-state index contributed by atoms with van der Waals surface area (Å²) in [4.78, 5) is 11.8. The highest BCUT2D eigenvalue weighted by molar-refractivity contribution is 5.69. The standard InChI is InChI=1S/C22H26O3/c23-22(25-17-21-10-4-5-16-24-21)11-6-7-18-12-14-20(15-13-18)19-8-2-1-3-9-19/h1-3,8-9,12-15,21H,4-7,10-11,16-17H2. The molecule has 1 aliphatic rings. The summed E-state index contributed by atoms with van der Waals surface area (Å²) in [6.07, 6.45) is 5.56. The zero-order chi connectivity index (χ0) is 17.3. The second kappa shape index (κ2) is 9.38. The molecule has 3 rings (SSSR count). The normalized spacial score (nSPS) is 17.2. The molecule has 0 N–H and O–H groups in total. The van der Waals surface area contributed by atoms with Gasteiger partial charge in [0.05, 0.1) is 6.10 Å². The maximum atomic E-state index is 11.8. The largest absolute Gasteiger partial charge is 0.463 e. The van der Waals surface area contributed by atoms with Crippen molar-refractivity contribution in [1.29, 1.82) is 0 Å². The minimum atomic E-state index is -0.116. The summed E-state index contributed by atoms with van der Waals surface area (Å²) in [7, 11) is 0. The Morgan fingerprint density at radius 3 is 2.48 bits per heavy atom. The van der Waals surface area contributed by atoms with Crippen molar-refractivity contribution in [3.8, 4) is 11.1 Å². The molecule has 132 valence electrons. The molecule has 25 heavy (non-hydrogen) atoms. The Kier molecular flexibility index (Phi) is 6.63. The van der Waals surface area contributed by atoms with E-state index in [0.29, 0.717) is 13.0 Å². The third kappa shape index (κ3) is 5.71. The summed E-state index contributed by atoms with van der Waals surface area (Å²) >= 11 is 0. The van der Waals surface area contributed by atoms with Crippen molar-refractivity contribution in [1.82, 2.24) is 0 Å². The van der Waals surface area contributed by atoms with Crippen molar-refractivity contribution in [3.05, 3.63) is 60.2 Å². The average molecular weight is 338 g/mol. The zero-order valence-corrected chi connectivity index (χ0v) is 14.7. The van der Waals surface area contributed by atoms with Crippen LogP contribution in [0.2, 0.25) is 0 Å². The van der Waals surface area contributed by atoms with Gasteiger partial charge in [-0.25, -0.2) is 0 Å². The monoisotopic (exact) mass is 338 g/mol. The van der Waals surface area contributed by atoms with Gasteiger partial charge in [-0.15, -0.1) is 0 Å². The number of carbonyl (C=O) groups is 1. The summed E-state index contributed by atoms with van der Waals surface area (Å²) in [6.45, 7) is 1.20. The Morgan fingerprint density at radius 2 is 1.76 bits per heavy atom. The van der Waals surface area contributed by atoms with Crippen LogP contribution in [0.1, 0.15) is 37.7 Å². The molecule has 1 heterocycles. The van der Waals surface area contributed by atoms with Crippen LogP contribution in [0.5, 0.6) is 0 Å². The van der Waals surface area contributed by atoms with Crippen molar-refractivity contribution in [2.45, 2.75) is 44.6 Å². The molecular weight excluding hydrogens is 312 g/mol. The summed E-state index contributed by atoms with van der Waals surface area (Å²) < 4.78 is 10.9. The van der Waals surface area contributed by atoms with E-state index in [4.69, 9.17) is 9.47 Å². The van der Waals surface area contributed by atoms with E-state index in [-0.39, 0.29) is 12.1 Å². The summed E-state index contributed by atoms with van der Waals surface area (Å²) in [5.41, 5.74) is 3.70. The van der Waals surface area contributed by atoms with E-state index in [1.54, 1.807) is 0 Å². The number of benzene rings is 2. The van der Waals surface area contributed by atoms with Crippen LogP contribution in [0.25, 0.3) is 11.1 Å². The van der Waals surface area contributed by atoms with Crippen molar-refractivity contribution < 1.29 is 14.3 Å². The summed E-state index contributed by atoms with van der Waals surface area (Å²) in [5, 5.41) is 0. The van der Waals surface area contributed by atoms with Crippen LogP contribution < -0.4 is 0 Å². The van der Waals surface area contributed by atoms with Crippen LogP contribution in [0, 0.1) is 0 Å². The molecule has 3 heteroatoms. The maximum Gasteiger partial charge on any atom is 0.305 e. The van der Waals surface area contributed by atoms with Gasteiger partial charge in [0.1, 0.15) is 6.61 Å².